The van der Waals surface area contributed by atoms with Crippen LogP contribution in [0.4, 0.5) is 5.69 Å². The Bertz CT molecular complexity index is 334. The second-order valence-electron chi connectivity index (χ2n) is 3.00. The SMILES string of the molecule is CCOC(=O)c1cc(CC)ccc1N. The van der Waals surface area contributed by atoms with Gasteiger partial charge < -0.3 is 10.5 Å². The predicted molar refractivity (Wildman–Crippen MR) is 56.2 cm³/mol. The second-order valence-corrected chi connectivity index (χ2v) is 3.00. The lowest BCUT2D eigenvalue weighted by Gasteiger charge is -2.06. The summed E-state index contributed by atoms with van der Waals surface area (Å²) in [6, 6.07) is 5.44. The van der Waals surface area contributed by atoms with Crippen molar-refractivity contribution in [2.75, 3.05) is 12.3 Å². The second kappa shape index (κ2) is 4.65. The minimum Gasteiger partial charge on any atom is -0.462 e. The number of ether oxygens (including phenoxy) is 1. The first-order chi connectivity index (χ1) is 6.69. The molecule has 3 nitrogen and oxygen atoms in total. The lowest BCUT2D eigenvalue weighted by molar-refractivity contribution is 0.0527. The van der Waals surface area contributed by atoms with Crippen molar-refractivity contribution in [3.05, 3.63) is 29.3 Å². The van der Waals surface area contributed by atoms with Crippen molar-refractivity contribution >= 4 is 11.7 Å². The maximum atomic E-state index is 11.4. The third-order valence-electron chi connectivity index (χ3n) is 2.02. The fraction of sp³-hybridized carbons (Fsp3) is 0.364. The molecule has 1 aromatic carbocycles. The van der Waals surface area contributed by atoms with E-state index in [1.54, 1.807) is 19.1 Å². The van der Waals surface area contributed by atoms with Crippen LogP contribution in [0.2, 0.25) is 0 Å². The molecule has 1 rings (SSSR count). The van der Waals surface area contributed by atoms with Gasteiger partial charge in [-0.3, -0.25) is 0 Å². The summed E-state index contributed by atoms with van der Waals surface area (Å²) in [6.45, 7) is 4.17. The van der Waals surface area contributed by atoms with E-state index >= 15 is 0 Å². The number of hydrogen-bond donors (Lipinski definition) is 1. The van der Waals surface area contributed by atoms with E-state index in [0.717, 1.165) is 12.0 Å². The highest BCUT2D eigenvalue weighted by molar-refractivity contribution is 5.95. The van der Waals surface area contributed by atoms with Crippen LogP contribution in [0, 0.1) is 0 Å². The first kappa shape index (κ1) is 10.6. The van der Waals surface area contributed by atoms with Gasteiger partial charge in [-0.1, -0.05) is 13.0 Å². The number of nitrogen functional groups attached to an aromatic ring is 1. The summed E-state index contributed by atoms with van der Waals surface area (Å²) < 4.78 is 4.89. The molecule has 0 radical (unpaired) electrons. The molecule has 0 spiro atoms. The van der Waals surface area contributed by atoms with Gasteiger partial charge in [0.05, 0.1) is 12.2 Å². The van der Waals surface area contributed by atoms with Crippen LogP contribution in [-0.2, 0) is 11.2 Å². The van der Waals surface area contributed by atoms with E-state index in [9.17, 15) is 4.79 Å². The van der Waals surface area contributed by atoms with Crippen LogP contribution >= 0.6 is 0 Å². The number of nitrogens with two attached hydrogens (primary N) is 1. The summed E-state index contributed by atoms with van der Waals surface area (Å²) in [5.41, 5.74) is 7.70. The van der Waals surface area contributed by atoms with Crippen molar-refractivity contribution in [2.45, 2.75) is 20.3 Å². The molecular weight excluding hydrogens is 178 g/mol. The van der Waals surface area contributed by atoms with Crippen molar-refractivity contribution in [1.29, 1.82) is 0 Å². The lowest BCUT2D eigenvalue weighted by Crippen LogP contribution is -2.08. The fourth-order valence-electron chi connectivity index (χ4n) is 1.21. The normalized spacial score (nSPS) is 9.86. The Hall–Kier alpha value is -1.51. The standard InChI is InChI=1S/C11H15NO2/c1-3-8-5-6-10(12)9(7-8)11(13)14-4-2/h5-7H,3-4,12H2,1-2H3. The minimum absolute atomic E-state index is 0.347. The quantitative estimate of drug-likeness (QED) is 0.590. The van der Waals surface area contributed by atoms with Gasteiger partial charge in [0.2, 0.25) is 0 Å². The molecular formula is C11H15NO2. The van der Waals surface area contributed by atoms with Crippen LogP contribution in [0.5, 0.6) is 0 Å². The molecule has 0 bridgehead atoms. The molecule has 0 fully saturated rings. The molecule has 1 aromatic rings. The molecule has 0 saturated heterocycles. The van der Waals surface area contributed by atoms with E-state index in [2.05, 4.69) is 0 Å². The van der Waals surface area contributed by atoms with E-state index in [1.807, 2.05) is 13.0 Å². The Morgan fingerprint density at radius 2 is 2.14 bits per heavy atom. The van der Waals surface area contributed by atoms with Gasteiger partial charge in [0, 0.05) is 5.69 Å². The van der Waals surface area contributed by atoms with E-state index in [1.165, 1.54) is 0 Å². The molecule has 0 unspecified atom stereocenters. The van der Waals surface area contributed by atoms with Gasteiger partial charge in [-0.05, 0) is 31.0 Å². The zero-order chi connectivity index (χ0) is 10.6. The fourth-order valence-corrected chi connectivity index (χ4v) is 1.21. The number of carbonyl (C=O) groups excluding carboxylic acids is 1. The molecule has 0 heterocycles. The maximum Gasteiger partial charge on any atom is 0.340 e. The molecule has 0 amide bonds. The lowest BCUT2D eigenvalue weighted by atomic mass is 10.1. The third-order valence-corrected chi connectivity index (χ3v) is 2.02. The van der Waals surface area contributed by atoms with Crippen LogP contribution in [-0.4, -0.2) is 12.6 Å². The van der Waals surface area contributed by atoms with Crippen molar-refractivity contribution in [1.82, 2.24) is 0 Å². The molecule has 14 heavy (non-hydrogen) atoms. The molecule has 76 valence electrons. The Morgan fingerprint density at radius 3 is 2.71 bits per heavy atom. The van der Waals surface area contributed by atoms with E-state index in [4.69, 9.17) is 10.5 Å². The molecule has 0 aliphatic carbocycles. The number of benzene rings is 1. The van der Waals surface area contributed by atoms with E-state index < -0.39 is 0 Å². The topological polar surface area (TPSA) is 52.3 Å². The van der Waals surface area contributed by atoms with Crippen molar-refractivity contribution in [2.24, 2.45) is 0 Å². The minimum atomic E-state index is -0.347. The van der Waals surface area contributed by atoms with E-state index in [-0.39, 0.29) is 5.97 Å². The van der Waals surface area contributed by atoms with E-state index in [0.29, 0.717) is 17.9 Å². The van der Waals surface area contributed by atoms with Crippen LogP contribution in [0.15, 0.2) is 18.2 Å². The summed E-state index contributed by atoms with van der Waals surface area (Å²) in [5.74, 6) is -0.347. The Kier molecular flexibility index (Phi) is 3.51. The van der Waals surface area contributed by atoms with Gasteiger partial charge in [-0.2, -0.15) is 0 Å². The highest BCUT2D eigenvalue weighted by Gasteiger charge is 2.10. The Morgan fingerprint density at radius 1 is 1.43 bits per heavy atom. The van der Waals surface area contributed by atoms with Crippen LogP contribution < -0.4 is 5.73 Å². The predicted octanol–water partition coefficient (Wildman–Crippen LogP) is 2.01. The molecule has 0 saturated carbocycles. The summed E-state index contributed by atoms with van der Waals surface area (Å²) in [6.07, 6.45) is 0.882. The zero-order valence-corrected chi connectivity index (χ0v) is 8.54. The Labute approximate surface area is 83.9 Å². The number of esters is 1. The zero-order valence-electron chi connectivity index (χ0n) is 8.54. The number of carbonyl (C=O) groups is 1. The van der Waals surface area contributed by atoms with Crippen LogP contribution in [0.25, 0.3) is 0 Å². The number of aryl methyl sites for hydroxylation is 1. The van der Waals surface area contributed by atoms with Gasteiger partial charge >= 0.3 is 5.97 Å². The summed E-state index contributed by atoms with van der Waals surface area (Å²) >= 11 is 0. The Balaban J connectivity index is 2.99. The number of hydrogen-bond acceptors (Lipinski definition) is 3. The average Bonchev–Trinajstić information content (AvgIpc) is 2.19. The van der Waals surface area contributed by atoms with Crippen molar-refractivity contribution in [3.8, 4) is 0 Å². The largest absolute Gasteiger partial charge is 0.462 e. The number of anilines is 1. The molecule has 2 N–H and O–H groups in total. The third kappa shape index (κ3) is 2.25. The van der Waals surface area contributed by atoms with Gasteiger partial charge in [-0.25, -0.2) is 4.79 Å². The molecule has 0 aromatic heterocycles. The van der Waals surface area contributed by atoms with Crippen LogP contribution in [0.1, 0.15) is 29.8 Å². The maximum absolute atomic E-state index is 11.4. The first-order valence-corrected chi connectivity index (χ1v) is 4.74. The molecule has 0 aliphatic rings. The molecule has 0 atom stereocenters. The van der Waals surface area contributed by atoms with Gasteiger partial charge in [0.1, 0.15) is 0 Å². The van der Waals surface area contributed by atoms with Gasteiger partial charge in [0.15, 0.2) is 0 Å². The summed E-state index contributed by atoms with van der Waals surface area (Å²) in [4.78, 5) is 11.4. The first-order valence-electron chi connectivity index (χ1n) is 4.74. The van der Waals surface area contributed by atoms with Crippen molar-refractivity contribution in [3.63, 3.8) is 0 Å². The molecule has 3 heteroatoms. The monoisotopic (exact) mass is 193 g/mol. The highest BCUT2D eigenvalue weighted by Crippen LogP contribution is 2.15. The van der Waals surface area contributed by atoms with Gasteiger partial charge in [0.25, 0.3) is 0 Å². The van der Waals surface area contributed by atoms with Crippen LogP contribution in [0.3, 0.4) is 0 Å². The van der Waals surface area contributed by atoms with Gasteiger partial charge in [-0.15, -0.1) is 0 Å². The average molecular weight is 193 g/mol. The van der Waals surface area contributed by atoms with Crippen molar-refractivity contribution < 1.29 is 9.53 Å². The number of rotatable bonds is 3. The molecule has 0 aliphatic heterocycles. The summed E-state index contributed by atoms with van der Waals surface area (Å²) in [5, 5.41) is 0. The smallest absolute Gasteiger partial charge is 0.340 e. The highest BCUT2D eigenvalue weighted by atomic mass is 16.5. The summed E-state index contributed by atoms with van der Waals surface area (Å²) in [7, 11) is 0.